The quantitative estimate of drug-likeness (QED) is 0.0524. The summed E-state index contributed by atoms with van der Waals surface area (Å²) in [6, 6.07) is 4.40. The molecule has 1 aliphatic heterocycles. The van der Waals surface area contributed by atoms with E-state index in [1.807, 2.05) is 0 Å². The zero-order valence-electron chi connectivity index (χ0n) is 42.0. The van der Waals surface area contributed by atoms with Gasteiger partial charge in [-0.05, 0) is 135 Å². The molecule has 61 heavy (non-hydrogen) atoms. The number of hydrogen-bond donors (Lipinski definition) is 1. The fourth-order valence-corrected chi connectivity index (χ4v) is 47.0. The van der Waals surface area contributed by atoms with Crippen molar-refractivity contribution in [2.75, 3.05) is 70.5 Å². The molecule has 0 bridgehead atoms. The van der Waals surface area contributed by atoms with Crippen LogP contribution in [0.1, 0.15) is 44.9 Å². The first-order valence-corrected chi connectivity index (χ1v) is 44.8. The Hall–Kier alpha value is 0.862. The Morgan fingerprint density at radius 2 is 0.787 bits per heavy atom. The van der Waals surface area contributed by atoms with Gasteiger partial charge in [0.25, 0.3) is 0 Å². The van der Waals surface area contributed by atoms with Crippen LogP contribution < -0.4 is 5.32 Å². The molecule has 0 radical (unpaired) electrons. The molecule has 1 heterocycles. The third-order valence-corrected chi connectivity index (χ3v) is 44.4. The van der Waals surface area contributed by atoms with Crippen LogP contribution in [0, 0.1) is 5.41 Å². The third kappa shape index (κ3) is 19.9. The average molecular weight is 1030 g/mol. The van der Waals surface area contributed by atoms with Crippen LogP contribution in [0.3, 0.4) is 0 Å². The van der Waals surface area contributed by atoms with Crippen LogP contribution in [-0.4, -0.2) is 154 Å². The van der Waals surface area contributed by atoms with E-state index >= 15 is 0 Å². The zero-order chi connectivity index (χ0) is 47.1. The SMILES string of the molecule is CO[Si](CCCC(CCC[Si](OC)(OC)OC)(CCC[Si](OC)(OC)OC)C(=O)NCCC[Si](C)(C)O[Si](C)(C)CC[Si]1(C)O[Si](C)(C)O[Si](C)(C)O[Si](C)(C)O1)(OC)OC. The lowest BCUT2D eigenvalue weighted by atomic mass is 9.74. The molecule has 0 atom stereocenters. The number of nitrogens with one attached hydrogen (secondary N) is 1. The summed E-state index contributed by atoms with van der Waals surface area (Å²) in [5.41, 5.74) is -0.734. The second-order valence-electron chi connectivity index (χ2n) is 18.9. The summed E-state index contributed by atoms with van der Waals surface area (Å²) in [5, 5.41) is 3.38. The van der Waals surface area contributed by atoms with Gasteiger partial charge in [-0.3, -0.25) is 4.79 Å². The first kappa shape index (κ1) is 59.9. The van der Waals surface area contributed by atoms with Gasteiger partial charge in [-0.1, -0.05) is 0 Å². The molecular weight excluding hydrogens is 939 g/mol. The molecule has 1 rings (SSSR count). The Morgan fingerprint density at radius 1 is 0.475 bits per heavy atom. The standard InChI is InChI=1S/C36H89NO15Si9/c1-39-59(40-2,41-3)30-21-25-36(26-22-31-60(42-4,43-5)44-6,27-23-32-61(45-7,46-8)47-9)35(38)37-28-24-29-53(10,11)48-54(12,13)33-34-58(20)51-56(16,17)49-55(14,15)50-57(18,19)52-58/h21-34H2,1-20H3,(H,37,38). The van der Waals surface area contributed by atoms with Gasteiger partial charge >= 0.3 is 60.7 Å². The van der Waals surface area contributed by atoms with E-state index in [1.54, 1.807) is 64.0 Å². The van der Waals surface area contributed by atoms with Gasteiger partial charge in [0.05, 0.1) is 0 Å². The summed E-state index contributed by atoms with van der Waals surface area (Å²) >= 11 is 0. The molecule has 0 saturated carbocycles. The van der Waals surface area contributed by atoms with E-state index in [0.29, 0.717) is 63.2 Å². The van der Waals surface area contributed by atoms with Crippen LogP contribution in [0.2, 0.25) is 108 Å². The molecule has 0 aromatic carbocycles. The molecule has 1 aliphatic rings. The lowest BCUT2D eigenvalue weighted by Crippen LogP contribution is -2.65. The largest absolute Gasteiger partial charge is 0.500 e. The van der Waals surface area contributed by atoms with E-state index in [4.69, 9.17) is 60.4 Å². The Balaban J connectivity index is 3.24. The summed E-state index contributed by atoms with van der Waals surface area (Å²) in [4.78, 5) is 14.7. The normalized spacial score (nSPS) is 18.8. The molecule has 0 aliphatic carbocycles. The van der Waals surface area contributed by atoms with Crippen molar-refractivity contribution >= 4 is 83.2 Å². The summed E-state index contributed by atoms with van der Waals surface area (Å²) in [5.74, 6) is 0.0236. The zero-order valence-corrected chi connectivity index (χ0v) is 51.0. The minimum atomic E-state index is -2.89. The Morgan fingerprint density at radius 3 is 1.11 bits per heavy atom. The van der Waals surface area contributed by atoms with Gasteiger partial charge in [0.1, 0.15) is 0 Å². The van der Waals surface area contributed by atoms with Crippen LogP contribution in [0.5, 0.6) is 0 Å². The van der Waals surface area contributed by atoms with E-state index in [0.717, 1.165) is 24.6 Å². The highest BCUT2D eigenvalue weighted by Gasteiger charge is 2.53. The van der Waals surface area contributed by atoms with E-state index in [9.17, 15) is 4.79 Å². The highest BCUT2D eigenvalue weighted by molar-refractivity contribution is 6.93. The Labute approximate surface area is 381 Å². The first-order chi connectivity index (χ1) is 28.0. The van der Waals surface area contributed by atoms with Crippen LogP contribution in [-0.2, 0) is 65.2 Å². The molecule has 0 unspecified atom stereocenters. The van der Waals surface area contributed by atoms with E-state index in [1.165, 1.54) is 0 Å². The van der Waals surface area contributed by atoms with Gasteiger partial charge in [0.2, 0.25) is 5.91 Å². The van der Waals surface area contributed by atoms with Crippen LogP contribution in [0.4, 0.5) is 0 Å². The highest BCUT2D eigenvalue weighted by atomic mass is 28.5. The second-order valence-corrected chi connectivity index (χ2v) is 51.5. The lowest BCUT2D eigenvalue weighted by molar-refractivity contribution is -0.132. The third-order valence-electron chi connectivity index (χ3n) is 11.6. The Kier molecular flexibility index (Phi) is 24.8. The molecular formula is C36H89NO15Si9. The molecule has 16 nitrogen and oxygen atoms in total. The smallest absolute Gasteiger partial charge is 0.456 e. The van der Waals surface area contributed by atoms with Crippen LogP contribution >= 0.6 is 0 Å². The first-order valence-electron chi connectivity index (χ1n) is 21.8. The minimum absolute atomic E-state index is 0.0236. The maximum absolute atomic E-state index is 14.7. The van der Waals surface area contributed by atoms with Gasteiger partial charge in [0, 0.05) is 94.1 Å². The maximum Gasteiger partial charge on any atom is 0.500 e. The van der Waals surface area contributed by atoms with E-state index in [-0.39, 0.29) is 5.91 Å². The molecule has 0 spiro atoms. The molecule has 0 aromatic heterocycles. The topological polar surface area (TPSA) is 158 Å². The summed E-state index contributed by atoms with van der Waals surface area (Å²) in [6.45, 7) is 24.6. The van der Waals surface area contributed by atoms with Gasteiger partial charge in [0.15, 0.2) is 16.6 Å². The van der Waals surface area contributed by atoms with Crippen molar-refractivity contribution in [2.45, 2.75) is 153 Å². The number of rotatable bonds is 31. The van der Waals surface area contributed by atoms with Crippen molar-refractivity contribution in [1.82, 2.24) is 5.32 Å². The van der Waals surface area contributed by atoms with Crippen molar-refractivity contribution in [3.8, 4) is 0 Å². The second kappa shape index (κ2) is 25.3. The summed E-state index contributed by atoms with van der Waals surface area (Å²) < 4.78 is 85.9. The number of carbonyl (C=O) groups excluding carboxylic acids is 1. The molecule has 1 amide bonds. The fraction of sp³-hybridized carbons (Fsp3) is 0.972. The molecule has 25 heteroatoms. The van der Waals surface area contributed by atoms with Crippen LogP contribution in [0.25, 0.3) is 0 Å². The predicted octanol–water partition coefficient (Wildman–Crippen LogP) is 8.14. The van der Waals surface area contributed by atoms with Crippen molar-refractivity contribution in [3.63, 3.8) is 0 Å². The van der Waals surface area contributed by atoms with Gasteiger partial charge in [-0.15, -0.1) is 0 Å². The number of carbonyl (C=O) groups is 1. The molecule has 0 aromatic rings. The molecule has 364 valence electrons. The van der Waals surface area contributed by atoms with Gasteiger partial charge < -0.3 is 65.7 Å². The van der Waals surface area contributed by atoms with Gasteiger partial charge in [-0.2, -0.15) is 0 Å². The van der Waals surface area contributed by atoms with Crippen molar-refractivity contribution in [2.24, 2.45) is 5.41 Å². The van der Waals surface area contributed by atoms with Crippen LogP contribution in [0.15, 0.2) is 0 Å². The lowest BCUT2D eigenvalue weighted by Gasteiger charge is -2.48. The predicted molar refractivity (Wildman–Crippen MR) is 261 cm³/mol. The van der Waals surface area contributed by atoms with Gasteiger partial charge in [-0.25, -0.2) is 0 Å². The van der Waals surface area contributed by atoms with Crippen molar-refractivity contribution < 1.29 is 65.2 Å². The highest BCUT2D eigenvalue weighted by Crippen LogP contribution is 2.41. The maximum atomic E-state index is 14.7. The van der Waals surface area contributed by atoms with Crippen molar-refractivity contribution in [1.29, 1.82) is 0 Å². The average Bonchev–Trinajstić information content (AvgIpc) is 3.16. The summed E-state index contributed by atoms with van der Waals surface area (Å²) in [6.07, 6.45) is 4.62. The van der Waals surface area contributed by atoms with Crippen molar-refractivity contribution in [3.05, 3.63) is 0 Å². The Bertz CT molecular complexity index is 1180. The van der Waals surface area contributed by atoms with E-state index < -0.39 is 82.7 Å². The molecule has 1 N–H and O–H groups in total. The minimum Gasteiger partial charge on any atom is -0.456 e. The van der Waals surface area contributed by atoms with E-state index in [2.05, 4.69) is 77.3 Å². The number of amides is 1. The number of hydrogen-bond acceptors (Lipinski definition) is 15. The molecule has 1 fully saturated rings. The molecule has 1 saturated heterocycles. The summed E-state index contributed by atoms with van der Waals surface area (Å²) in [7, 11) is -8.25. The fourth-order valence-electron chi connectivity index (χ4n) is 9.00. The monoisotopic (exact) mass is 1030 g/mol.